The van der Waals surface area contributed by atoms with Crippen molar-refractivity contribution in [3.63, 3.8) is 0 Å². The lowest BCUT2D eigenvalue weighted by atomic mass is 9.44. The van der Waals surface area contributed by atoms with Gasteiger partial charge in [0.15, 0.2) is 0 Å². The molecule has 4 aliphatic carbocycles. The highest BCUT2D eigenvalue weighted by Crippen LogP contribution is 2.70. The van der Waals surface area contributed by atoms with E-state index < -0.39 is 0 Å². The summed E-state index contributed by atoms with van der Waals surface area (Å²) in [4.78, 5) is 3.05. The molecule has 0 aromatic heterocycles. The fourth-order valence-corrected chi connectivity index (χ4v) is 11.0. The Balaban J connectivity index is 1.30. The summed E-state index contributed by atoms with van der Waals surface area (Å²) in [5.41, 5.74) is 7.65. The van der Waals surface area contributed by atoms with E-state index in [-0.39, 0.29) is 0 Å². The predicted molar refractivity (Wildman–Crippen MR) is 120 cm³/mol. The number of hydrogen-bond acceptors (Lipinski definition) is 2. The van der Waals surface area contributed by atoms with E-state index in [0.717, 1.165) is 53.5 Å². The third kappa shape index (κ3) is 2.54. The Bertz CT molecular complexity index is 661. The van der Waals surface area contributed by atoms with Crippen LogP contribution in [0.3, 0.4) is 0 Å². The SMILES string of the molecule is C[C@H]1CC[C@@H]2[C@@H](C)[C@H]3[C@H](C[C@H]4[C@@H]5CC[C@H]6C[C@H](N)CC[C@]6(C)[C@H]5CC[C@]34C)N2C1. The largest absolute Gasteiger partial charge is 0.328 e. The molecule has 0 aromatic rings. The van der Waals surface area contributed by atoms with E-state index in [1.54, 1.807) is 0 Å². The van der Waals surface area contributed by atoms with E-state index in [4.69, 9.17) is 5.73 Å². The molecule has 4 saturated carbocycles. The maximum atomic E-state index is 6.42. The molecule has 29 heavy (non-hydrogen) atoms. The van der Waals surface area contributed by atoms with Gasteiger partial charge in [-0.05, 0) is 116 Å². The second kappa shape index (κ2) is 6.47. The Labute approximate surface area is 179 Å². The summed E-state index contributed by atoms with van der Waals surface area (Å²) in [6, 6.07) is 2.31. The Morgan fingerprint density at radius 3 is 2.41 bits per heavy atom. The van der Waals surface area contributed by atoms with Gasteiger partial charge in [-0.1, -0.05) is 27.7 Å². The van der Waals surface area contributed by atoms with Crippen LogP contribution in [0.4, 0.5) is 0 Å². The molecule has 2 aliphatic heterocycles. The van der Waals surface area contributed by atoms with Crippen molar-refractivity contribution in [3.05, 3.63) is 0 Å². The van der Waals surface area contributed by atoms with Gasteiger partial charge >= 0.3 is 0 Å². The summed E-state index contributed by atoms with van der Waals surface area (Å²) in [6.07, 6.45) is 14.5. The number of fused-ring (bicyclic) bond motifs is 9. The summed E-state index contributed by atoms with van der Waals surface area (Å²) in [6.45, 7) is 12.0. The van der Waals surface area contributed by atoms with Crippen LogP contribution in [-0.2, 0) is 0 Å². The monoisotopic (exact) mass is 398 g/mol. The van der Waals surface area contributed by atoms with E-state index in [0.29, 0.717) is 16.9 Å². The van der Waals surface area contributed by atoms with E-state index in [9.17, 15) is 0 Å². The Kier molecular flexibility index (Phi) is 4.37. The first-order valence-electron chi connectivity index (χ1n) is 13.3. The average molecular weight is 399 g/mol. The maximum Gasteiger partial charge on any atom is 0.0138 e. The summed E-state index contributed by atoms with van der Waals surface area (Å²) < 4.78 is 0. The van der Waals surface area contributed by atoms with Crippen molar-refractivity contribution in [1.82, 2.24) is 4.90 Å². The van der Waals surface area contributed by atoms with Crippen LogP contribution in [0.5, 0.6) is 0 Å². The van der Waals surface area contributed by atoms with Gasteiger partial charge in [-0.3, -0.25) is 4.90 Å². The van der Waals surface area contributed by atoms with Crippen molar-refractivity contribution in [3.8, 4) is 0 Å². The van der Waals surface area contributed by atoms with Gasteiger partial charge < -0.3 is 5.73 Å². The van der Waals surface area contributed by atoms with Crippen LogP contribution in [-0.4, -0.2) is 29.6 Å². The van der Waals surface area contributed by atoms with Crippen LogP contribution in [0, 0.1) is 52.3 Å². The quantitative estimate of drug-likeness (QED) is 0.567. The molecule has 2 heteroatoms. The van der Waals surface area contributed by atoms with Crippen molar-refractivity contribution in [2.45, 2.75) is 110 Å². The molecule has 2 nitrogen and oxygen atoms in total. The van der Waals surface area contributed by atoms with E-state index in [1.807, 2.05) is 0 Å². The zero-order valence-corrected chi connectivity index (χ0v) is 19.6. The highest BCUT2D eigenvalue weighted by Gasteiger charge is 2.66. The number of hydrogen-bond donors (Lipinski definition) is 1. The topological polar surface area (TPSA) is 29.3 Å². The smallest absolute Gasteiger partial charge is 0.0138 e. The first-order chi connectivity index (χ1) is 13.8. The molecule has 0 aromatic carbocycles. The van der Waals surface area contributed by atoms with Gasteiger partial charge in [0.1, 0.15) is 0 Å². The van der Waals surface area contributed by atoms with E-state index in [1.165, 1.54) is 70.8 Å². The molecule has 6 rings (SSSR count). The molecule has 0 bridgehead atoms. The lowest BCUT2D eigenvalue weighted by Crippen LogP contribution is -2.55. The minimum atomic E-state index is 0.489. The van der Waals surface area contributed by atoms with Crippen molar-refractivity contribution in [2.24, 2.45) is 58.0 Å². The molecule has 6 fully saturated rings. The van der Waals surface area contributed by atoms with Gasteiger partial charge in [-0.15, -0.1) is 0 Å². The molecule has 2 saturated heterocycles. The molecule has 2 N–H and O–H groups in total. The van der Waals surface area contributed by atoms with Gasteiger partial charge in [0.2, 0.25) is 0 Å². The van der Waals surface area contributed by atoms with Crippen LogP contribution in [0.25, 0.3) is 0 Å². The van der Waals surface area contributed by atoms with E-state index >= 15 is 0 Å². The van der Waals surface area contributed by atoms with Gasteiger partial charge in [0.05, 0.1) is 0 Å². The first kappa shape index (κ1) is 19.6. The molecule has 2 heterocycles. The van der Waals surface area contributed by atoms with E-state index in [2.05, 4.69) is 32.6 Å². The number of nitrogens with zero attached hydrogens (tertiary/aromatic N) is 1. The van der Waals surface area contributed by atoms with Gasteiger partial charge in [0, 0.05) is 24.7 Å². The Morgan fingerprint density at radius 1 is 0.793 bits per heavy atom. The number of rotatable bonds is 0. The normalized spacial score (nSPS) is 62.0. The van der Waals surface area contributed by atoms with Crippen LogP contribution >= 0.6 is 0 Å². The molecular formula is C27H46N2. The van der Waals surface area contributed by atoms with Crippen molar-refractivity contribution in [1.29, 1.82) is 0 Å². The molecular weight excluding hydrogens is 352 g/mol. The maximum absolute atomic E-state index is 6.42. The molecule has 0 amide bonds. The summed E-state index contributed by atoms with van der Waals surface area (Å²) in [5, 5.41) is 0. The highest BCUT2D eigenvalue weighted by atomic mass is 15.2. The fraction of sp³-hybridized carbons (Fsp3) is 1.00. The average Bonchev–Trinajstić information content (AvgIpc) is 3.15. The van der Waals surface area contributed by atoms with Gasteiger partial charge in [-0.2, -0.15) is 0 Å². The van der Waals surface area contributed by atoms with Crippen LogP contribution in [0.15, 0.2) is 0 Å². The van der Waals surface area contributed by atoms with Crippen LogP contribution < -0.4 is 5.73 Å². The van der Waals surface area contributed by atoms with Crippen LogP contribution in [0.2, 0.25) is 0 Å². The Morgan fingerprint density at radius 2 is 1.59 bits per heavy atom. The zero-order chi connectivity index (χ0) is 20.1. The number of nitrogens with two attached hydrogens (primary N) is 1. The molecule has 164 valence electrons. The molecule has 12 atom stereocenters. The first-order valence-corrected chi connectivity index (χ1v) is 13.3. The summed E-state index contributed by atoms with van der Waals surface area (Å²) in [7, 11) is 0. The third-order valence-electron chi connectivity index (χ3n) is 12.3. The second-order valence-electron chi connectivity index (χ2n) is 13.4. The van der Waals surface area contributed by atoms with Gasteiger partial charge in [0.25, 0.3) is 0 Å². The fourth-order valence-electron chi connectivity index (χ4n) is 11.0. The summed E-state index contributed by atoms with van der Waals surface area (Å²) >= 11 is 0. The second-order valence-corrected chi connectivity index (χ2v) is 13.4. The zero-order valence-electron chi connectivity index (χ0n) is 19.6. The molecule has 0 spiro atoms. The standard InChI is InChI=1S/C27H46N2/c1-16-5-8-23-17(2)25-24(29(23)15-16)14-22-20-7-6-18-13-19(28)9-11-26(18,3)21(20)10-12-27(22,25)4/h16-25H,5-15,28H2,1-4H3/t16-,17+,18-,19+,20+,21-,22-,23+,24-,25-,26-,27-/m0/s1. The minimum Gasteiger partial charge on any atom is -0.328 e. The molecule has 0 unspecified atom stereocenters. The Hall–Kier alpha value is -0.0800. The van der Waals surface area contributed by atoms with Crippen molar-refractivity contribution < 1.29 is 0 Å². The van der Waals surface area contributed by atoms with Crippen molar-refractivity contribution >= 4 is 0 Å². The minimum absolute atomic E-state index is 0.489. The highest BCUT2D eigenvalue weighted by molar-refractivity contribution is 5.17. The third-order valence-corrected chi connectivity index (χ3v) is 12.3. The molecule has 6 aliphatic rings. The van der Waals surface area contributed by atoms with Crippen molar-refractivity contribution in [2.75, 3.05) is 6.54 Å². The molecule has 0 radical (unpaired) electrons. The lowest BCUT2D eigenvalue weighted by Gasteiger charge is -2.61. The number of piperidine rings is 1. The van der Waals surface area contributed by atoms with Gasteiger partial charge in [-0.25, -0.2) is 0 Å². The predicted octanol–water partition coefficient (Wildman–Crippen LogP) is 5.70. The van der Waals surface area contributed by atoms with Crippen LogP contribution in [0.1, 0.15) is 91.9 Å². The lowest BCUT2D eigenvalue weighted by molar-refractivity contribution is -0.116. The summed E-state index contributed by atoms with van der Waals surface area (Å²) in [5.74, 6) is 6.77.